The number of hydrogen-bond acceptors (Lipinski definition) is 2. The van der Waals surface area contributed by atoms with Crippen LogP contribution in [0.4, 0.5) is 0 Å². The molecule has 1 fully saturated rings. The summed E-state index contributed by atoms with van der Waals surface area (Å²) in [5.41, 5.74) is 0. The number of aryl methyl sites for hydroxylation is 1. The molecule has 1 aromatic rings. The van der Waals surface area contributed by atoms with E-state index in [-0.39, 0.29) is 6.10 Å². The molecule has 0 spiro atoms. The molecule has 1 aliphatic rings. The first kappa shape index (κ1) is 12.1. The normalized spacial score (nSPS) is 19.1. The summed E-state index contributed by atoms with van der Waals surface area (Å²) in [7, 11) is 0. The number of thiophene rings is 1. The van der Waals surface area contributed by atoms with E-state index in [9.17, 15) is 5.11 Å². The summed E-state index contributed by atoms with van der Waals surface area (Å²) in [6, 6.07) is 4.29. The van der Waals surface area contributed by atoms with Crippen LogP contribution in [0.25, 0.3) is 0 Å². The Kier molecular flexibility index (Phi) is 4.86. The SMILES string of the molecule is OC(CCCc1cccs1)CC1CCCC1. The predicted octanol–water partition coefficient (Wildman–Crippen LogP) is 4.01. The lowest BCUT2D eigenvalue weighted by Crippen LogP contribution is -2.11. The van der Waals surface area contributed by atoms with Gasteiger partial charge >= 0.3 is 0 Å². The Bertz CT molecular complexity index is 275. The third-order valence-corrected chi connectivity index (χ3v) is 4.56. The third-order valence-electron chi connectivity index (χ3n) is 3.62. The molecule has 0 saturated heterocycles. The monoisotopic (exact) mass is 238 g/mol. The molecule has 1 saturated carbocycles. The van der Waals surface area contributed by atoms with Crippen LogP contribution >= 0.6 is 11.3 Å². The molecule has 1 atom stereocenters. The lowest BCUT2D eigenvalue weighted by Gasteiger charge is -2.14. The van der Waals surface area contributed by atoms with Gasteiger partial charge in [-0.25, -0.2) is 0 Å². The van der Waals surface area contributed by atoms with Crippen LogP contribution in [0.15, 0.2) is 17.5 Å². The van der Waals surface area contributed by atoms with E-state index in [0.717, 1.165) is 31.6 Å². The highest BCUT2D eigenvalue weighted by atomic mass is 32.1. The molecule has 0 amide bonds. The molecule has 1 nitrogen and oxygen atoms in total. The van der Waals surface area contributed by atoms with Crippen molar-refractivity contribution in [3.05, 3.63) is 22.4 Å². The van der Waals surface area contributed by atoms with E-state index in [1.54, 1.807) is 0 Å². The lowest BCUT2D eigenvalue weighted by molar-refractivity contribution is 0.131. The molecule has 0 bridgehead atoms. The van der Waals surface area contributed by atoms with E-state index < -0.39 is 0 Å². The summed E-state index contributed by atoms with van der Waals surface area (Å²) in [6.45, 7) is 0. The van der Waals surface area contributed by atoms with Crippen molar-refractivity contribution in [1.29, 1.82) is 0 Å². The highest BCUT2D eigenvalue weighted by Crippen LogP contribution is 2.29. The lowest BCUT2D eigenvalue weighted by atomic mass is 9.97. The zero-order valence-corrected chi connectivity index (χ0v) is 10.7. The minimum atomic E-state index is -0.0527. The molecule has 2 rings (SSSR count). The van der Waals surface area contributed by atoms with Crippen molar-refractivity contribution in [2.75, 3.05) is 0 Å². The fourth-order valence-electron chi connectivity index (χ4n) is 2.72. The van der Waals surface area contributed by atoms with Gasteiger partial charge in [-0.2, -0.15) is 0 Å². The van der Waals surface area contributed by atoms with Crippen molar-refractivity contribution in [1.82, 2.24) is 0 Å². The molecule has 16 heavy (non-hydrogen) atoms. The van der Waals surface area contributed by atoms with Crippen LogP contribution in [0.5, 0.6) is 0 Å². The van der Waals surface area contributed by atoms with E-state index in [2.05, 4.69) is 17.5 Å². The highest BCUT2D eigenvalue weighted by Gasteiger charge is 2.18. The summed E-state index contributed by atoms with van der Waals surface area (Å²) in [4.78, 5) is 1.45. The largest absolute Gasteiger partial charge is 0.393 e. The van der Waals surface area contributed by atoms with Crippen LogP contribution < -0.4 is 0 Å². The van der Waals surface area contributed by atoms with Crippen molar-refractivity contribution in [2.24, 2.45) is 5.92 Å². The first-order valence-corrected chi connectivity index (χ1v) is 7.43. The van der Waals surface area contributed by atoms with Crippen LogP contribution in [0.3, 0.4) is 0 Å². The highest BCUT2D eigenvalue weighted by molar-refractivity contribution is 7.09. The zero-order valence-electron chi connectivity index (χ0n) is 9.90. The van der Waals surface area contributed by atoms with Crippen LogP contribution in [0, 0.1) is 5.92 Å². The molecule has 0 aliphatic heterocycles. The van der Waals surface area contributed by atoms with Crippen molar-refractivity contribution >= 4 is 11.3 Å². The molecule has 0 aromatic carbocycles. The molecule has 1 aromatic heterocycles. The Labute approximate surface area is 103 Å². The Morgan fingerprint density at radius 3 is 2.88 bits per heavy atom. The van der Waals surface area contributed by atoms with Gasteiger partial charge in [0, 0.05) is 4.88 Å². The van der Waals surface area contributed by atoms with Gasteiger partial charge in [0.1, 0.15) is 0 Å². The van der Waals surface area contributed by atoms with Crippen LogP contribution in [0.2, 0.25) is 0 Å². The van der Waals surface area contributed by atoms with E-state index in [4.69, 9.17) is 0 Å². The zero-order chi connectivity index (χ0) is 11.2. The summed E-state index contributed by atoms with van der Waals surface area (Å²) >= 11 is 1.83. The Hall–Kier alpha value is -0.340. The molecular weight excluding hydrogens is 216 g/mol. The van der Waals surface area contributed by atoms with Gasteiger partial charge in [0.2, 0.25) is 0 Å². The van der Waals surface area contributed by atoms with Crippen molar-refractivity contribution in [3.8, 4) is 0 Å². The van der Waals surface area contributed by atoms with Gasteiger partial charge in [0.15, 0.2) is 0 Å². The maximum Gasteiger partial charge on any atom is 0.0543 e. The Morgan fingerprint density at radius 2 is 2.19 bits per heavy atom. The maximum absolute atomic E-state index is 9.94. The van der Waals surface area contributed by atoms with Crippen molar-refractivity contribution < 1.29 is 5.11 Å². The molecule has 1 aliphatic carbocycles. The fraction of sp³-hybridized carbons (Fsp3) is 0.714. The van der Waals surface area contributed by atoms with Gasteiger partial charge in [-0.15, -0.1) is 11.3 Å². The number of rotatable bonds is 6. The minimum absolute atomic E-state index is 0.0527. The van der Waals surface area contributed by atoms with Crippen molar-refractivity contribution in [3.63, 3.8) is 0 Å². The second-order valence-electron chi connectivity index (χ2n) is 5.01. The van der Waals surface area contributed by atoms with E-state index in [1.165, 1.54) is 30.6 Å². The summed E-state index contributed by atoms with van der Waals surface area (Å²) in [5.74, 6) is 0.816. The average molecular weight is 238 g/mol. The molecule has 2 heteroatoms. The molecule has 1 N–H and O–H groups in total. The predicted molar refractivity (Wildman–Crippen MR) is 69.8 cm³/mol. The second kappa shape index (κ2) is 6.41. The third kappa shape index (κ3) is 3.91. The summed E-state index contributed by atoms with van der Waals surface area (Å²) in [6.07, 6.45) is 9.71. The van der Waals surface area contributed by atoms with E-state index >= 15 is 0 Å². The van der Waals surface area contributed by atoms with Gasteiger partial charge in [-0.05, 0) is 43.0 Å². The summed E-state index contributed by atoms with van der Waals surface area (Å²) in [5, 5.41) is 12.1. The quantitative estimate of drug-likeness (QED) is 0.794. The van der Waals surface area contributed by atoms with Gasteiger partial charge in [-0.3, -0.25) is 0 Å². The van der Waals surface area contributed by atoms with Crippen LogP contribution in [-0.4, -0.2) is 11.2 Å². The van der Waals surface area contributed by atoms with Gasteiger partial charge in [0.05, 0.1) is 6.10 Å². The van der Waals surface area contributed by atoms with Gasteiger partial charge < -0.3 is 5.11 Å². The first-order valence-electron chi connectivity index (χ1n) is 6.55. The Balaban J connectivity index is 1.58. The van der Waals surface area contributed by atoms with E-state index in [1.807, 2.05) is 11.3 Å². The smallest absolute Gasteiger partial charge is 0.0543 e. The minimum Gasteiger partial charge on any atom is -0.393 e. The molecule has 90 valence electrons. The Morgan fingerprint density at radius 1 is 1.38 bits per heavy atom. The summed E-state index contributed by atoms with van der Waals surface area (Å²) < 4.78 is 0. The van der Waals surface area contributed by atoms with E-state index in [0.29, 0.717) is 0 Å². The topological polar surface area (TPSA) is 20.2 Å². The second-order valence-corrected chi connectivity index (χ2v) is 6.04. The van der Waals surface area contributed by atoms with Crippen LogP contribution in [0.1, 0.15) is 49.8 Å². The van der Waals surface area contributed by atoms with Crippen molar-refractivity contribution in [2.45, 2.75) is 57.5 Å². The molecule has 1 unspecified atom stereocenters. The molecule has 0 radical (unpaired) electrons. The standard InChI is InChI=1S/C14H22OS/c15-13(11-12-5-1-2-6-12)7-3-8-14-9-4-10-16-14/h4,9-10,12-13,15H,1-3,5-8,11H2. The van der Waals surface area contributed by atoms with Crippen LogP contribution in [-0.2, 0) is 6.42 Å². The first-order chi connectivity index (χ1) is 7.84. The number of aliphatic hydroxyl groups is 1. The number of aliphatic hydroxyl groups excluding tert-OH is 1. The molecular formula is C14H22OS. The molecule has 1 heterocycles. The number of hydrogen-bond donors (Lipinski definition) is 1. The maximum atomic E-state index is 9.94. The fourth-order valence-corrected chi connectivity index (χ4v) is 3.47. The van der Waals surface area contributed by atoms with Gasteiger partial charge in [0.25, 0.3) is 0 Å². The average Bonchev–Trinajstić information content (AvgIpc) is 2.90. The van der Waals surface area contributed by atoms with Gasteiger partial charge in [-0.1, -0.05) is 31.7 Å².